The number of piperidine rings is 1. The van der Waals surface area contributed by atoms with Crippen molar-refractivity contribution in [3.05, 3.63) is 60.2 Å². The largest absolute Gasteiger partial charge is 0.489 e. The molecule has 0 amide bonds. The molecule has 5 nitrogen and oxygen atoms in total. The van der Waals surface area contributed by atoms with Crippen LogP contribution in [0.15, 0.2) is 59.6 Å². The molecule has 5 heteroatoms. The second-order valence-corrected chi connectivity index (χ2v) is 9.27. The smallest absolute Gasteiger partial charge is 0.198 e. The predicted octanol–water partition coefficient (Wildman–Crippen LogP) is 5.28. The number of hydrogen-bond acceptors (Lipinski definition) is 3. The summed E-state index contributed by atoms with van der Waals surface area (Å²) in [4.78, 5) is 7.52. The van der Waals surface area contributed by atoms with E-state index in [0.717, 1.165) is 43.6 Å². The minimum Gasteiger partial charge on any atom is -0.489 e. The quantitative estimate of drug-likeness (QED) is 0.459. The topological polar surface area (TPSA) is 62.9 Å². The van der Waals surface area contributed by atoms with Crippen molar-refractivity contribution in [2.24, 2.45) is 22.6 Å². The SMILES string of the molecule is NCC1CCCC(CN=C(Nc2ccc(OCc3ccccc3)cc2)N2CCCCC2)C1. The highest BCUT2D eigenvalue weighted by molar-refractivity contribution is 5.93. The van der Waals surface area contributed by atoms with Gasteiger partial charge >= 0.3 is 0 Å². The Morgan fingerprint density at radius 3 is 2.44 bits per heavy atom. The molecular weight excluding hydrogens is 396 g/mol. The Labute approximate surface area is 193 Å². The third kappa shape index (κ3) is 6.73. The van der Waals surface area contributed by atoms with Crippen LogP contribution in [0.25, 0.3) is 0 Å². The number of nitrogens with one attached hydrogen (secondary N) is 1. The predicted molar refractivity (Wildman–Crippen MR) is 133 cm³/mol. The van der Waals surface area contributed by atoms with E-state index in [0.29, 0.717) is 18.4 Å². The van der Waals surface area contributed by atoms with E-state index in [9.17, 15) is 0 Å². The third-order valence-corrected chi connectivity index (χ3v) is 6.74. The van der Waals surface area contributed by atoms with E-state index < -0.39 is 0 Å². The maximum Gasteiger partial charge on any atom is 0.198 e. The average Bonchev–Trinajstić information content (AvgIpc) is 2.87. The van der Waals surface area contributed by atoms with E-state index in [2.05, 4.69) is 34.5 Å². The number of ether oxygens (including phenoxy) is 1. The van der Waals surface area contributed by atoms with Gasteiger partial charge in [0.05, 0.1) is 0 Å². The van der Waals surface area contributed by atoms with Crippen LogP contribution in [0.2, 0.25) is 0 Å². The summed E-state index contributed by atoms with van der Waals surface area (Å²) < 4.78 is 5.94. The Kier molecular flexibility index (Phi) is 8.43. The Hall–Kier alpha value is -2.53. The van der Waals surface area contributed by atoms with Gasteiger partial charge in [-0.2, -0.15) is 0 Å². The normalized spacial score (nSPS) is 21.9. The molecule has 1 aliphatic heterocycles. The lowest BCUT2D eigenvalue weighted by Gasteiger charge is -2.31. The molecule has 2 fully saturated rings. The molecule has 2 aliphatic rings. The zero-order valence-electron chi connectivity index (χ0n) is 19.2. The second kappa shape index (κ2) is 11.9. The van der Waals surface area contributed by atoms with Crippen LogP contribution in [0.5, 0.6) is 5.75 Å². The zero-order chi connectivity index (χ0) is 22.0. The zero-order valence-corrected chi connectivity index (χ0v) is 19.2. The molecule has 4 rings (SSSR count). The van der Waals surface area contributed by atoms with Gasteiger partial charge in [-0.1, -0.05) is 36.8 Å². The van der Waals surface area contributed by atoms with Crippen LogP contribution in [0.3, 0.4) is 0 Å². The first-order valence-electron chi connectivity index (χ1n) is 12.3. The summed E-state index contributed by atoms with van der Waals surface area (Å²) in [5.41, 5.74) is 8.18. The van der Waals surface area contributed by atoms with E-state index in [4.69, 9.17) is 15.5 Å². The summed E-state index contributed by atoms with van der Waals surface area (Å²) in [6.07, 6.45) is 8.88. The lowest BCUT2D eigenvalue weighted by Crippen LogP contribution is -2.40. The number of rotatable bonds is 7. The summed E-state index contributed by atoms with van der Waals surface area (Å²) >= 11 is 0. The molecule has 1 saturated carbocycles. The van der Waals surface area contributed by atoms with E-state index in [1.54, 1.807) is 0 Å². The van der Waals surface area contributed by atoms with Crippen molar-refractivity contribution in [2.45, 2.75) is 51.6 Å². The Bertz CT molecular complexity index is 830. The molecule has 172 valence electrons. The first-order chi connectivity index (χ1) is 15.8. The molecule has 1 saturated heterocycles. The molecule has 0 bridgehead atoms. The number of nitrogens with zero attached hydrogens (tertiary/aromatic N) is 2. The van der Waals surface area contributed by atoms with E-state index in [1.165, 1.54) is 50.5 Å². The Morgan fingerprint density at radius 2 is 1.69 bits per heavy atom. The van der Waals surface area contributed by atoms with Crippen LogP contribution >= 0.6 is 0 Å². The van der Waals surface area contributed by atoms with Crippen LogP contribution in [-0.2, 0) is 6.61 Å². The van der Waals surface area contributed by atoms with Gasteiger partial charge in [-0.25, -0.2) is 0 Å². The summed E-state index contributed by atoms with van der Waals surface area (Å²) in [7, 11) is 0. The van der Waals surface area contributed by atoms with E-state index in [1.807, 2.05) is 30.3 Å². The second-order valence-electron chi connectivity index (χ2n) is 9.27. The highest BCUT2D eigenvalue weighted by Gasteiger charge is 2.22. The van der Waals surface area contributed by atoms with Crippen molar-refractivity contribution in [2.75, 3.05) is 31.5 Å². The molecule has 2 aromatic rings. The first kappa shape index (κ1) is 22.7. The van der Waals surface area contributed by atoms with Crippen LogP contribution < -0.4 is 15.8 Å². The van der Waals surface area contributed by atoms with Crippen molar-refractivity contribution in [1.82, 2.24) is 4.90 Å². The fourth-order valence-corrected chi connectivity index (χ4v) is 4.83. The highest BCUT2D eigenvalue weighted by Crippen LogP contribution is 2.28. The molecular formula is C27H38N4O. The fraction of sp³-hybridized carbons (Fsp3) is 0.519. The van der Waals surface area contributed by atoms with Gasteiger partial charge in [0.15, 0.2) is 5.96 Å². The van der Waals surface area contributed by atoms with Crippen LogP contribution in [0, 0.1) is 11.8 Å². The maximum absolute atomic E-state index is 5.94. The Morgan fingerprint density at radius 1 is 0.938 bits per heavy atom. The summed E-state index contributed by atoms with van der Waals surface area (Å²) in [5.74, 6) is 3.25. The number of benzene rings is 2. The van der Waals surface area contributed by atoms with Gasteiger partial charge in [-0.05, 0) is 86.7 Å². The van der Waals surface area contributed by atoms with E-state index >= 15 is 0 Å². The minimum atomic E-state index is 0.583. The van der Waals surface area contributed by atoms with Gasteiger partial charge in [0.2, 0.25) is 0 Å². The number of anilines is 1. The molecule has 0 spiro atoms. The summed E-state index contributed by atoms with van der Waals surface area (Å²) in [6.45, 7) is 4.46. The number of guanidine groups is 1. The number of aliphatic imine (C=N–C) groups is 1. The molecule has 3 N–H and O–H groups in total. The number of hydrogen-bond donors (Lipinski definition) is 2. The lowest BCUT2D eigenvalue weighted by molar-refractivity contribution is 0.276. The van der Waals surface area contributed by atoms with E-state index in [-0.39, 0.29) is 0 Å². The lowest BCUT2D eigenvalue weighted by atomic mass is 9.81. The molecule has 32 heavy (non-hydrogen) atoms. The standard InChI is InChI=1S/C27H38N4O/c28-19-23-10-7-11-24(18-23)20-29-27(31-16-5-2-6-17-31)30-25-12-14-26(15-13-25)32-21-22-8-3-1-4-9-22/h1,3-4,8-9,12-15,23-24H,2,5-7,10-11,16-21,28H2,(H,29,30). The van der Waals surface area contributed by atoms with Gasteiger partial charge in [-0.3, -0.25) is 4.99 Å². The molecule has 0 aromatic heterocycles. The number of likely N-dealkylation sites (tertiary alicyclic amines) is 1. The Balaban J connectivity index is 1.37. The van der Waals surface area contributed by atoms with Gasteiger partial charge in [0.25, 0.3) is 0 Å². The molecule has 2 atom stereocenters. The van der Waals surface area contributed by atoms with Crippen LogP contribution in [-0.4, -0.2) is 37.0 Å². The minimum absolute atomic E-state index is 0.583. The fourth-order valence-electron chi connectivity index (χ4n) is 4.83. The molecule has 1 heterocycles. The third-order valence-electron chi connectivity index (χ3n) is 6.74. The van der Waals surface area contributed by atoms with Crippen molar-refractivity contribution in [3.63, 3.8) is 0 Å². The molecule has 2 aromatic carbocycles. The van der Waals surface area contributed by atoms with Crippen molar-refractivity contribution < 1.29 is 4.74 Å². The first-order valence-corrected chi connectivity index (χ1v) is 12.3. The maximum atomic E-state index is 5.94. The van der Waals surface area contributed by atoms with Gasteiger partial charge in [0, 0.05) is 25.3 Å². The molecule has 2 unspecified atom stereocenters. The van der Waals surface area contributed by atoms with Crippen LogP contribution in [0.1, 0.15) is 50.5 Å². The number of nitrogens with two attached hydrogens (primary N) is 1. The molecule has 1 aliphatic carbocycles. The van der Waals surface area contributed by atoms with Gasteiger partial charge in [-0.15, -0.1) is 0 Å². The summed E-state index contributed by atoms with van der Waals surface area (Å²) in [6, 6.07) is 18.5. The van der Waals surface area contributed by atoms with Crippen LogP contribution in [0.4, 0.5) is 5.69 Å². The summed E-state index contributed by atoms with van der Waals surface area (Å²) in [5, 5.41) is 3.61. The van der Waals surface area contributed by atoms with Crippen molar-refractivity contribution in [3.8, 4) is 5.75 Å². The monoisotopic (exact) mass is 434 g/mol. The van der Waals surface area contributed by atoms with Crippen molar-refractivity contribution >= 4 is 11.6 Å². The highest BCUT2D eigenvalue weighted by atomic mass is 16.5. The van der Waals surface area contributed by atoms with Crippen molar-refractivity contribution in [1.29, 1.82) is 0 Å². The average molecular weight is 435 g/mol. The van der Waals surface area contributed by atoms with Gasteiger partial charge < -0.3 is 20.7 Å². The molecule has 0 radical (unpaired) electrons. The van der Waals surface area contributed by atoms with Gasteiger partial charge in [0.1, 0.15) is 12.4 Å².